The number of rotatable bonds is 19. The minimum atomic E-state index is 0.289. The molecule has 0 radical (unpaired) electrons. The normalized spacial score (nSPS) is 39.9. The van der Waals surface area contributed by atoms with E-state index in [1.165, 1.54) is 308 Å². The maximum atomic E-state index is 6.65. The van der Waals surface area contributed by atoms with Gasteiger partial charge in [0.15, 0.2) is 0 Å². The zero-order valence-electron chi connectivity index (χ0n) is 62.4. The van der Waals surface area contributed by atoms with Gasteiger partial charge in [-0.05, 0) is 278 Å². The van der Waals surface area contributed by atoms with Crippen molar-refractivity contribution in [3.05, 3.63) is 23.6 Å². The van der Waals surface area contributed by atoms with Gasteiger partial charge in [-0.3, -0.25) is 19.6 Å². The summed E-state index contributed by atoms with van der Waals surface area (Å²) in [5.74, 6) is 10.3. The Hall–Kier alpha value is -1.88. The third-order valence-electron chi connectivity index (χ3n) is 30.5. The highest BCUT2D eigenvalue weighted by atomic mass is 16.4. The maximum absolute atomic E-state index is 6.65. The molecule has 0 bridgehead atoms. The molecule has 12 saturated carbocycles. The molecule has 2 heterocycles. The van der Waals surface area contributed by atoms with E-state index in [1.54, 1.807) is 0 Å². The highest BCUT2D eigenvalue weighted by molar-refractivity contribution is 5.07. The molecule has 8 atom stereocenters. The van der Waals surface area contributed by atoms with Crippen molar-refractivity contribution in [3.8, 4) is 0 Å². The van der Waals surface area contributed by atoms with Crippen molar-refractivity contribution in [1.82, 2.24) is 40.0 Å². The van der Waals surface area contributed by atoms with Crippen LogP contribution in [0, 0.1) is 40.9 Å². The summed E-state index contributed by atoms with van der Waals surface area (Å²) in [6.07, 6.45) is 73.3. The Labute approximate surface area is 581 Å². The van der Waals surface area contributed by atoms with Gasteiger partial charge in [-0.25, -0.2) is 0 Å². The summed E-state index contributed by atoms with van der Waals surface area (Å²) < 4.78 is 13.2. The Morgan fingerprint density at radius 1 is 0.263 bits per heavy atom. The Balaban J connectivity index is 0.578. The van der Waals surface area contributed by atoms with Gasteiger partial charge in [-0.2, -0.15) is 0 Å². The SMILES string of the molecule is CC1CCCC(N(C2CCCCC2)C2CCC(N(C3CCC(N(C4CCCCC4)C4CCCC(C)C4)CC3)C3CCC(N(C4CCC(CCC5CCC(c6nnc(C7CCCC(c8nnc(C9CCC(C(C)(C)C)CC9)o8)C7)o6)CC5)CC4)C4CCCC(C)C4)CC3)CC2)C1. The molecule has 12 aliphatic rings. The molecule has 536 valence electrons. The summed E-state index contributed by atoms with van der Waals surface area (Å²) >= 11 is 0. The van der Waals surface area contributed by atoms with E-state index in [2.05, 4.69) is 71.3 Å². The predicted molar refractivity (Wildman–Crippen MR) is 390 cm³/mol. The molecule has 10 heteroatoms. The third kappa shape index (κ3) is 17.4. The second-order valence-electron chi connectivity index (χ2n) is 37.9. The molecule has 95 heavy (non-hydrogen) atoms. The monoisotopic (exact) mass is 1310 g/mol. The van der Waals surface area contributed by atoms with Crippen LogP contribution in [0.25, 0.3) is 0 Å². The van der Waals surface area contributed by atoms with Gasteiger partial charge in [0, 0.05) is 96.2 Å². The fourth-order valence-electron chi connectivity index (χ4n) is 25.2. The van der Waals surface area contributed by atoms with Crippen molar-refractivity contribution in [2.45, 2.75) is 472 Å². The van der Waals surface area contributed by atoms with Crippen molar-refractivity contribution >= 4 is 0 Å². The molecule has 10 nitrogen and oxygen atoms in total. The minimum absolute atomic E-state index is 0.289. The van der Waals surface area contributed by atoms with Gasteiger partial charge in [0.05, 0.1) is 0 Å². The van der Waals surface area contributed by atoms with Crippen molar-refractivity contribution in [1.29, 1.82) is 0 Å². The Kier molecular flexibility index (Phi) is 24.4. The molecule has 0 aliphatic heterocycles. The molecule has 2 aromatic heterocycles. The Morgan fingerprint density at radius 2 is 0.526 bits per heavy atom. The van der Waals surface area contributed by atoms with Crippen LogP contribution in [0.1, 0.15) is 423 Å². The lowest BCUT2D eigenvalue weighted by atomic mass is 9.70. The molecule has 0 amide bonds. The van der Waals surface area contributed by atoms with E-state index in [1.807, 2.05) is 0 Å². The average molecular weight is 1310 g/mol. The van der Waals surface area contributed by atoms with Gasteiger partial charge < -0.3 is 8.83 Å². The van der Waals surface area contributed by atoms with Crippen molar-refractivity contribution in [2.75, 3.05) is 0 Å². The Morgan fingerprint density at radius 3 is 0.853 bits per heavy atom. The lowest BCUT2D eigenvalue weighted by Crippen LogP contribution is -2.59. The van der Waals surface area contributed by atoms with E-state index >= 15 is 0 Å². The molecular weight excluding hydrogens is 1160 g/mol. The first-order chi connectivity index (χ1) is 46.4. The molecule has 14 rings (SSSR count). The lowest BCUT2D eigenvalue weighted by Gasteiger charge is -2.55. The smallest absolute Gasteiger partial charge is 0.219 e. The first-order valence-electron chi connectivity index (χ1n) is 43.2. The molecule has 0 spiro atoms. The maximum Gasteiger partial charge on any atom is 0.219 e. The highest BCUT2D eigenvalue weighted by Crippen LogP contribution is 2.50. The quantitative estimate of drug-likeness (QED) is 0.135. The number of hydrogen-bond donors (Lipinski definition) is 0. The van der Waals surface area contributed by atoms with E-state index in [-0.39, 0.29) is 11.8 Å². The van der Waals surface area contributed by atoms with Crippen LogP contribution in [-0.4, -0.2) is 112 Å². The number of hydrogen-bond acceptors (Lipinski definition) is 10. The van der Waals surface area contributed by atoms with Crippen molar-refractivity contribution < 1.29 is 8.83 Å². The molecule has 0 saturated heterocycles. The standard InChI is InChI=1S/C85H144N8O2/c1-59-17-13-26-78(55-59)91(69-22-9-7-10-23-69)75-49-43-72(44-50-75)90(73-45-51-76(52-46-73)92(70-24-11-8-12-25-70)79-27-14-18-60(2)56-79)74-47-53-77(54-48-74)93(80-28-15-19-61(3)57-80)71-41-33-63(34-42-71)30-29-62-31-35-64(36-32-62)81-86-88-83(94-81)66-20-16-21-67(58-66)84-89-87-82(95-84)65-37-39-68(40-38-65)85(4,5)6/h59-80H,7-58H2,1-6H3. The van der Waals surface area contributed by atoms with E-state index in [0.717, 1.165) is 157 Å². The molecule has 2 aromatic rings. The van der Waals surface area contributed by atoms with Gasteiger partial charge in [0.25, 0.3) is 0 Å². The van der Waals surface area contributed by atoms with Crippen LogP contribution in [0.3, 0.4) is 0 Å². The topological polar surface area (TPSA) is 90.8 Å². The summed E-state index contributed by atoms with van der Waals surface area (Å²) in [5, 5.41) is 18.9. The summed E-state index contributed by atoms with van der Waals surface area (Å²) in [5.41, 5.74) is 0.379. The zero-order chi connectivity index (χ0) is 64.8. The van der Waals surface area contributed by atoms with Gasteiger partial charge in [-0.1, -0.05) is 138 Å². The van der Waals surface area contributed by atoms with Crippen molar-refractivity contribution in [2.24, 2.45) is 40.9 Å². The fourth-order valence-corrected chi connectivity index (χ4v) is 25.2. The van der Waals surface area contributed by atoms with Crippen LogP contribution in [0.5, 0.6) is 0 Å². The zero-order valence-corrected chi connectivity index (χ0v) is 62.4. The van der Waals surface area contributed by atoms with Crippen LogP contribution in [0.4, 0.5) is 0 Å². The minimum Gasteiger partial charge on any atom is -0.425 e. The third-order valence-corrected chi connectivity index (χ3v) is 30.5. The molecular formula is C85H144N8O2. The van der Waals surface area contributed by atoms with E-state index < -0.39 is 0 Å². The first-order valence-corrected chi connectivity index (χ1v) is 43.2. The average Bonchev–Trinajstić information content (AvgIpc) is 1.23. The van der Waals surface area contributed by atoms with Crippen LogP contribution in [0.2, 0.25) is 0 Å². The van der Waals surface area contributed by atoms with E-state index in [9.17, 15) is 0 Å². The van der Waals surface area contributed by atoms with E-state index in [0.29, 0.717) is 17.3 Å². The molecule has 12 aliphatic carbocycles. The van der Waals surface area contributed by atoms with Gasteiger partial charge >= 0.3 is 0 Å². The molecule has 0 N–H and O–H groups in total. The van der Waals surface area contributed by atoms with Gasteiger partial charge in [0.2, 0.25) is 23.6 Å². The van der Waals surface area contributed by atoms with Gasteiger partial charge in [-0.15, -0.1) is 20.4 Å². The largest absolute Gasteiger partial charge is 0.425 e. The van der Waals surface area contributed by atoms with Crippen LogP contribution < -0.4 is 0 Å². The number of nitrogens with zero attached hydrogens (tertiary/aromatic N) is 8. The molecule has 8 unspecified atom stereocenters. The van der Waals surface area contributed by atoms with Crippen LogP contribution >= 0.6 is 0 Å². The van der Waals surface area contributed by atoms with E-state index in [4.69, 9.17) is 19.0 Å². The first kappa shape index (κ1) is 70.2. The van der Waals surface area contributed by atoms with Crippen LogP contribution in [-0.2, 0) is 0 Å². The number of aromatic nitrogens is 4. The second kappa shape index (κ2) is 33.1. The van der Waals surface area contributed by atoms with Crippen LogP contribution in [0.15, 0.2) is 8.83 Å². The molecule has 12 fully saturated rings. The molecule has 0 aromatic carbocycles. The highest BCUT2D eigenvalue weighted by Gasteiger charge is 2.47. The Bertz CT molecular complexity index is 2490. The summed E-state index contributed by atoms with van der Waals surface area (Å²) in [6, 6.07) is 10.0. The predicted octanol–water partition coefficient (Wildman–Crippen LogP) is 22.4. The summed E-state index contributed by atoms with van der Waals surface area (Å²) in [7, 11) is 0. The second-order valence-corrected chi connectivity index (χ2v) is 37.9. The lowest BCUT2D eigenvalue weighted by molar-refractivity contribution is -0.0472. The fraction of sp³-hybridized carbons (Fsp3) is 0.953. The summed E-state index contributed by atoms with van der Waals surface area (Å²) in [4.78, 5) is 13.3. The summed E-state index contributed by atoms with van der Waals surface area (Å²) in [6.45, 7) is 15.0. The van der Waals surface area contributed by atoms with Crippen molar-refractivity contribution in [3.63, 3.8) is 0 Å². The van der Waals surface area contributed by atoms with Gasteiger partial charge in [0.1, 0.15) is 0 Å².